The molecule has 4 aromatic carbocycles. The molecule has 1 heterocycles. The molecule has 9 nitrogen and oxygen atoms in total. The third-order valence-electron chi connectivity index (χ3n) is 9.75. The molecule has 52 heavy (non-hydrogen) atoms. The van der Waals surface area contributed by atoms with Gasteiger partial charge >= 0.3 is 0 Å². The zero-order valence-electron chi connectivity index (χ0n) is 30.0. The summed E-state index contributed by atoms with van der Waals surface area (Å²) in [5, 5.41) is 25.0. The highest BCUT2D eigenvalue weighted by Gasteiger charge is 2.29. The third-order valence-corrected chi connectivity index (χ3v) is 11.5. The monoisotopic (exact) mass is 762 g/mol. The minimum absolute atomic E-state index is 0.0707. The number of carbonyl (C=O) groups is 2. The number of hydrogen-bond acceptors (Lipinski definition) is 7. The molecule has 1 saturated heterocycles. The predicted molar refractivity (Wildman–Crippen MR) is 208 cm³/mol. The third kappa shape index (κ3) is 8.96. The van der Waals surface area contributed by atoms with Crippen LogP contribution >= 0.6 is 23.2 Å². The molecule has 0 saturated carbocycles. The molecule has 0 bridgehead atoms. The lowest BCUT2D eigenvalue weighted by Crippen LogP contribution is -2.37. The largest absolute Gasteiger partial charge is 0.495 e. The molecule has 12 heteroatoms. The van der Waals surface area contributed by atoms with E-state index in [0.717, 1.165) is 55.4 Å². The number of nitrogens with one attached hydrogen (secondary N) is 1. The number of nitrogens with zero attached hydrogens (tertiary/aromatic N) is 3. The van der Waals surface area contributed by atoms with Crippen molar-refractivity contribution in [2.45, 2.75) is 55.4 Å². The molecule has 0 spiro atoms. The van der Waals surface area contributed by atoms with Crippen molar-refractivity contribution in [3.05, 3.63) is 99.0 Å². The van der Waals surface area contributed by atoms with Gasteiger partial charge in [-0.1, -0.05) is 59.6 Å². The van der Waals surface area contributed by atoms with Crippen LogP contribution in [0.2, 0.25) is 10.0 Å². The van der Waals surface area contributed by atoms with Crippen LogP contribution in [0.25, 0.3) is 10.8 Å². The second-order valence-corrected chi connectivity index (χ2v) is 16.0. The number of nitriles is 1. The van der Waals surface area contributed by atoms with Crippen molar-refractivity contribution in [3.8, 4) is 11.8 Å². The Kier molecular flexibility index (Phi) is 12.7. The second kappa shape index (κ2) is 16.8. The van der Waals surface area contributed by atoms with Gasteiger partial charge in [0, 0.05) is 36.3 Å². The lowest BCUT2D eigenvalue weighted by molar-refractivity contribution is -0.130. The Morgan fingerprint density at radius 2 is 1.81 bits per heavy atom. The van der Waals surface area contributed by atoms with Gasteiger partial charge < -0.3 is 25.0 Å². The van der Waals surface area contributed by atoms with E-state index in [1.807, 2.05) is 42.5 Å². The number of ether oxygens (including phenoxy) is 1. The van der Waals surface area contributed by atoms with Crippen LogP contribution in [0.3, 0.4) is 0 Å². The number of aliphatic hydroxyl groups is 1. The van der Waals surface area contributed by atoms with Gasteiger partial charge in [-0.05, 0) is 111 Å². The first-order chi connectivity index (χ1) is 24.7. The first kappa shape index (κ1) is 39.2. The highest BCUT2D eigenvalue weighted by molar-refractivity contribution is 7.84. The maximum absolute atomic E-state index is 14.2. The molecule has 2 unspecified atom stereocenters. The lowest BCUT2D eigenvalue weighted by atomic mass is 9.88. The summed E-state index contributed by atoms with van der Waals surface area (Å²) in [5.41, 5.74) is 1.60. The van der Waals surface area contributed by atoms with Crippen molar-refractivity contribution >= 4 is 62.3 Å². The average Bonchev–Trinajstić information content (AvgIpc) is 3.13. The number of likely N-dealkylation sites (tertiary alicyclic amines) is 1. The van der Waals surface area contributed by atoms with E-state index >= 15 is 0 Å². The van der Waals surface area contributed by atoms with Gasteiger partial charge in [0.15, 0.2) is 0 Å². The topological polar surface area (TPSA) is 123 Å². The van der Waals surface area contributed by atoms with E-state index in [4.69, 9.17) is 27.9 Å². The van der Waals surface area contributed by atoms with Gasteiger partial charge in [-0.15, -0.1) is 0 Å². The Bertz CT molecular complexity index is 2040. The summed E-state index contributed by atoms with van der Waals surface area (Å²) in [7, 11) is 1.97. The molecule has 274 valence electrons. The van der Waals surface area contributed by atoms with Gasteiger partial charge in [-0.3, -0.25) is 13.8 Å². The summed E-state index contributed by atoms with van der Waals surface area (Å²) < 4.78 is 18.4. The smallest absolute Gasteiger partial charge is 0.258 e. The summed E-state index contributed by atoms with van der Waals surface area (Å²) in [6.07, 6.45) is 4.13. The fourth-order valence-corrected chi connectivity index (χ4v) is 8.02. The Morgan fingerprint density at radius 3 is 2.44 bits per heavy atom. The standard InChI is InChI=1S/C40H44Cl2N4O5S/c1-40(2,49)39(48)44-30-11-12-31(35(22-30)52(5)50)25-14-17-46(18-15-25)19-16-28(26-10-13-33(41)34(42)21-26)24-45(3)38(47)36-32-9-7-6-8-27(32)20-29(23-43)37(36)51-4/h6-13,20-22,25,28,49H,14-19,24H2,1-5H3,(H,44,48). The van der Waals surface area contributed by atoms with Crippen molar-refractivity contribution in [1.82, 2.24) is 9.80 Å². The number of rotatable bonds is 12. The summed E-state index contributed by atoms with van der Waals surface area (Å²) in [6.45, 7) is 5.69. The van der Waals surface area contributed by atoms with Crippen LogP contribution in [0.5, 0.6) is 5.75 Å². The minimum atomic E-state index is -1.53. The van der Waals surface area contributed by atoms with Gasteiger partial charge in [0.25, 0.3) is 11.8 Å². The lowest BCUT2D eigenvalue weighted by Gasteiger charge is -2.34. The first-order valence-electron chi connectivity index (χ1n) is 17.2. The molecule has 2 amide bonds. The first-order valence-corrected chi connectivity index (χ1v) is 19.5. The number of piperidine rings is 1. The normalized spacial score (nSPS) is 15.1. The summed E-state index contributed by atoms with van der Waals surface area (Å²) in [6, 6.07) is 22.5. The SMILES string of the molecule is COc1c(C#N)cc2ccccc2c1C(=O)N(C)CC(CCN1CCC(c2ccc(NC(=O)C(C)(C)O)cc2S(C)=O)CC1)c1ccc(Cl)c(Cl)c1. The van der Waals surface area contributed by atoms with E-state index in [1.54, 1.807) is 42.5 Å². The van der Waals surface area contributed by atoms with Gasteiger partial charge in [0.2, 0.25) is 0 Å². The van der Waals surface area contributed by atoms with Crippen LogP contribution in [0.1, 0.15) is 72.0 Å². The molecular formula is C40H44Cl2N4O5S. The maximum atomic E-state index is 14.2. The fourth-order valence-electron chi connectivity index (χ4n) is 6.86. The van der Waals surface area contributed by atoms with Gasteiger partial charge in [-0.25, -0.2) is 0 Å². The zero-order chi connectivity index (χ0) is 37.7. The van der Waals surface area contributed by atoms with Crippen LogP contribution in [-0.4, -0.2) is 83.1 Å². The zero-order valence-corrected chi connectivity index (χ0v) is 32.4. The Hall–Kier alpha value is -3.98. The van der Waals surface area contributed by atoms with E-state index in [2.05, 4.69) is 16.3 Å². The molecular weight excluding hydrogens is 719 g/mol. The number of halogens is 2. The number of carbonyl (C=O) groups excluding carboxylic acids is 2. The Balaban J connectivity index is 1.31. The molecule has 0 aromatic heterocycles. The van der Waals surface area contributed by atoms with Crippen molar-refractivity contribution < 1.29 is 23.6 Å². The maximum Gasteiger partial charge on any atom is 0.258 e. The fraction of sp³-hybridized carbons (Fsp3) is 0.375. The van der Waals surface area contributed by atoms with Crippen molar-refractivity contribution in [2.75, 3.05) is 51.9 Å². The second-order valence-electron chi connectivity index (χ2n) is 13.8. The molecule has 2 atom stereocenters. The molecule has 4 aromatic rings. The highest BCUT2D eigenvalue weighted by atomic mass is 35.5. The molecule has 0 aliphatic carbocycles. The van der Waals surface area contributed by atoms with E-state index in [1.165, 1.54) is 21.0 Å². The molecule has 1 aliphatic rings. The molecule has 5 rings (SSSR count). The summed E-state index contributed by atoms with van der Waals surface area (Å²) >= 11 is 12.8. The van der Waals surface area contributed by atoms with Crippen LogP contribution in [-0.2, 0) is 15.6 Å². The Labute approximate surface area is 317 Å². The van der Waals surface area contributed by atoms with Crippen molar-refractivity contribution in [2.24, 2.45) is 0 Å². The number of methoxy groups -OCH3 is 1. The quantitative estimate of drug-likeness (QED) is 0.152. The molecule has 0 radical (unpaired) electrons. The van der Waals surface area contributed by atoms with Gasteiger partial charge in [-0.2, -0.15) is 5.26 Å². The van der Waals surface area contributed by atoms with E-state index in [0.29, 0.717) is 43.7 Å². The van der Waals surface area contributed by atoms with E-state index in [9.17, 15) is 24.2 Å². The van der Waals surface area contributed by atoms with E-state index in [-0.39, 0.29) is 23.5 Å². The van der Waals surface area contributed by atoms with Crippen molar-refractivity contribution in [3.63, 3.8) is 0 Å². The van der Waals surface area contributed by atoms with Gasteiger partial charge in [0.1, 0.15) is 17.4 Å². The predicted octanol–water partition coefficient (Wildman–Crippen LogP) is 7.60. The number of fused-ring (bicyclic) bond motifs is 1. The van der Waals surface area contributed by atoms with Crippen LogP contribution in [0.4, 0.5) is 5.69 Å². The van der Waals surface area contributed by atoms with E-state index < -0.39 is 22.3 Å². The molecule has 1 aliphatic heterocycles. The number of benzene rings is 4. The average molecular weight is 764 g/mol. The summed E-state index contributed by atoms with van der Waals surface area (Å²) in [5.74, 6) is -0.379. The van der Waals surface area contributed by atoms with Crippen molar-refractivity contribution in [1.29, 1.82) is 5.26 Å². The number of amides is 2. The number of hydrogen-bond donors (Lipinski definition) is 2. The summed E-state index contributed by atoms with van der Waals surface area (Å²) in [4.78, 5) is 31.3. The van der Waals surface area contributed by atoms with Crippen LogP contribution in [0.15, 0.2) is 71.6 Å². The number of likely N-dealkylation sites (N-methyl/N-ethyl adjacent to an activating group) is 1. The minimum Gasteiger partial charge on any atom is -0.495 e. The van der Waals surface area contributed by atoms with Crippen LogP contribution < -0.4 is 10.1 Å². The molecule has 2 N–H and O–H groups in total. The highest BCUT2D eigenvalue weighted by Crippen LogP contribution is 2.36. The number of anilines is 1. The Morgan fingerprint density at radius 1 is 1.10 bits per heavy atom. The van der Waals surface area contributed by atoms with Gasteiger partial charge in [0.05, 0.1) is 39.1 Å². The molecule has 1 fully saturated rings. The van der Waals surface area contributed by atoms with Crippen LogP contribution in [0, 0.1) is 11.3 Å².